The Morgan fingerprint density at radius 3 is 3.00 bits per heavy atom. The van der Waals surface area contributed by atoms with Gasteiger partial charge >= 0.3 is 0 Å². The summed E-state index contributed by atoms with van der Waals surface area (Å²) in [5.41, 5.74) is 1.01. The van der Waals surface area contributed by atoms with Crippen molar-refractivity contribution < 1.29 is 9.84 Å². The number of methoxy groups -OCH3 is 1. The van der Waals surface area contributed by atoms with E-state index < -0.39 is 0 Å². The van der Waals surface area contributed by atoms with Crippen LogP contribution in [0.1, 0.15) is 18.4 Å². The zero-order valence-electron chi connectivity index (χ0n) is 13.2. The predicted molar refractivity (Wildman–Crippen MR) is 89.6 cm³/mol. The van der Waals surface area contributed by atoms with Crippen molar-refractivity contribution in [3.8, 4) is 5.75 Å². The summed E-state index contributed by atoms with van der Waals surface area (Å²) in [6.07, 6.45) is 7.02. The Bertz CT molecular complexity index is 633. The number of nitrogens with one attached hydrogen (secondary N) is 1. The number of hydrogen-bond acceptors (Lipinski definition) is 4. The number of aliphatic hydroxyl groups excluding tert-OH is 1. The maximum absolute atomic E-state index is 10.3. The van der Waals surface area contributed by atoms with Gasteiger partial charge in [0.1, 0.15) is 5.75 Å². The lowest BCUT2D eigenvalue weighted by Crippen LogP contribution is -2.35. The average molecular weight is 336 g/mol. The molecule has 124 valence electrons. The second kappa shape index (κ2) is 7.34. The quantitative estimate of drug-likeness (QED) is 0.851. The van der Waals surface area contributed by atoms with Crippen LogP contribution in [-0.2, 0) is 13.1 Å². The average Bonchev–Trinajstić information content (AvgIpc) is 3.16. The van der Waals surface area contributed by atoms with Crippen LogP contribution in [0.2, 0.25) is 5.02 Å². The molecule has 1 aliphatic carbocycles. The molecule has 3 atom stereocenters. The fraction of sp³-hybridized carbons (Fsp3) is 0.471. The molecule has 0 amide bonds. The van der Waals surface area contributed by atoms with E-state index in [2.05, 4.69) is 14.9 Å². The van der Waals surface area contributed by atoms with Crippen molar-refractivity contribution in [1.82, 2.24) is 14.9 Å². The first kappa shape index (κ1) is 16.3. The summed E-state index contributed by atoms with van der Waals surface area (Å²) < 4.78 is 7.23. The number of nitrogens with zero attached hydrogens (tertiary/aromatic N) is 2. The van der Waals surface area contributed by atoms with Gasteiger partial charge in [0.05, 0.1) is 19.5 Å². The molecular formula is C17H22ClN3O2. The Kier molecular flexibility index (Phi) is 5.20. The fourth-order valence-corrected chi connectivity index (χ4v) is 3.46. The highest BCUT2D eigenvalue weighted by molar-refractivity contribution is 6.31. The van der Waals surface area contributed by atoms with Gasteiger partial charge in [-0.1, -0.05) is 17.7 Å². The van der Waals surface area contributed by atoms with E-state index >= 15 is 0 Å². The highest BCUT2D eigenvalue weighted by Gasteiger charge is 2.32. The van der Waals surface area contributed by atoms with Crippen LogP contribution < -0.4 is 10.1 Å². The van der Waals surface area contributed by atoms with E-state index in [-0.39, 0.29) is 12.1 Å². The number of ether oxygens (including phenoxy) is 1. The third kappa shape index (κ3) is 4.05. The minimum atomic E-state index is -0.319. The molecule has 0 aliphatic heterocycles. The van der Waals surface area contributed by atoms with Gasteiger partial charge in [0.15, 0.2) is 0 Å². The summed E-state index contributed by atoms with van der Waals surface area (Å²) in [6.45, 7) is 1.54. The van der Waals surface area contributed by atoms with Crippen molar-refractivity contribution in [2.45, 2.75) is 38.1 Å². The van der Waals surface area contributed by atoms with Crippen molar-refractivity contribution in [2.24, 2.45) is 5.92 Å². The number of hydrogen-bond donors (Lipinski definition) is 2. The molecule has 1 heterocycles. The molecule has 1 saturated carbocycles. The van der Waals surface area contributed by atoms with Gasteiger partial charge in [-0.15, -0.1) is 0 Å². The highest BCUT2D eigenvalue weighted by Crippen LogP contribution is 2.28. The number of benzene rings is 1. The van der Waals surface area contributed by atoms with Crippen molar-refractivity contribution in [1.29, 1.82) is 0 Å². The van der Waals surface area contributed by atoms with Gasteiger partial charge in [-0.2, -0.15) is 0 Å². The van der Waals surface area contributed by atoms with Crippen LogP contribution in [-0.4, -0.2) is 33.9 Å². The smallest absolute Gasteiger partial charge is 0.120 e. The minimum Gasteiger partial charge on any atom is -0.497 e. The molecule has 0 bridgehead atoms. The molecule has 1 aromatic carbocycles. The topological polar surface area (TPSA) is 59.3 Å². The summed E-state index contributed by atoms with van der Waals surface area (Å²) in [5, 5.41) is 14.4. The number of aromatic nitrogens is 2. The lowest BCUT2D eigenvalue weighted by Gasteiger charge is -2.17. The number of halogens is 1. The molecule has 0 saturated heterocycles. The molecule has 1 fully saturated rings. The maximum atomic E-state index is 10.3. The molecular weight excluding hydrogens is 314 g/mol. The maximum Gasteiger partial charge on any atom is 0.120 e. The monoisotopic (exact) mass is 335 g/mol. The Morgan fingerprint density at radius 1 is 1.43 bits per heavy atom. The van der Waals surface area contributed by atoms with Gasteiger partial charge in [0.2, 0.25) is 0 Å². The first-order valence-corrected chi connectivity index (χ1v) is 8.23. The Balaban J connectivity index is 1.54. The van der Waals surface area contributed by atoms with Gasteiger partial charge in [0.25, 0.3) is 0 Å². The van der Waals surface area contributed by atoms with Gasteiger partial charge in [-0.05, 0) is 36.5 Å². The molecule has 23 heavy (non-hydrogen) atoms. The van der Waals surface area contributed by atoms with Gasteiger partial charge in [-0.25, -0.2) is 4.98 Å². The third-order valence-electron chi connectivity index (χ3n) is 4.47. The van der Waals surface area contributed by atoms with Crippen LogP contribution in [0.5, 0.6) is 5.75 Å². The number of aliphatic hydroxyl groups is 1. The van der Waals surface area contributed by atoms with Crippen LogP contribution in [0.4, 0.5) is 0 Å². The molecule has 1 unspecified atom stereocenters. The molecule has 0 spiro atoms. The van der Waals surface area contributed by atoms with Gasteiger partial charge < -0.3 is 19.7 Å². The number of rotatable bonds is 6. The van der Waals surface area contributed by atoms with Crippen LogP contribution in [0, 0.1) is 5.92 Å². The van der Waals surface area contributed by atoms with E-state index in [0.29, 0.717) is 17.5 Å². The van der Waals surface area contributed by atoms with Gasteiger partial charge in [-0.3, -0.25) is 0 Å². The van der Waals surface area contributed by atoms with E-state index in [1.54, 1.807) is 13.3 Å². The van der Waals surface area contributed by atoms with Crippen LogP contribution in [0.15, 0.2) is 36.9 Å². The summed E-state index contributed by atoms with van der Waals surface area (Å²) in [7, 11) is 1.62. The summed E-state index contributed by atoms with van der Waals surface area (Å²) in [4.78, 5) is 4.06. The second-order valence-electron chi connectivity index (χ2n) is 6.11. The van der Waals surface area contributed by atoms with E-state index in [0.717, 1.165) is 30.7 Å². The SMILES string of the molecule is COc1ccc(CN[C@@H]2CC(Cn3ccnc3)C[C@H]2O)c(Cl)c1. The van der Waals surface area contributed by atoms with Crippen molar-refractivity contribution in [3.63, 3.8) is 0 Å². The molecule has 6 heteroatoms. The molecule has 2 aromatic rings. The second-order valence-corrected chi connectivity index (χ2v) is 6.52. The Hall–Kier alpha value is -1.56. The third-order valence-corrected chi connectivity index (χ3v) is 4.82. The first-order valence-electron chi connectivity index (χ1n) is 7.85. The molecule has 1 aromatic heterocycles. The Morgan fingerprint density at radius 2 is 2.30 bits per heavy atom. The molecule has 0 radical (unpaired) electrons. The Labute approximate surface area is 141 Å². The van der Waals surface area contributed by atoms with Crippen molar-refractivity contribution in [2.75, 3.05) is 7.11 Å². The molecule has 1 aliphatic rings. The lowest BCUT2D eigenvalue weighted by atomic mass is 10.1. The molecule has 2 N–H and O–H groups in total. The standard InChI is InChI=1S/C17H22ClN3O2/c1-23-14-3-2-13(15(18)8-14)9-20-16-6-12(7-17(16)22)10-21-5-4-19-11-21/h2-5,8,11-12,16-17,20,22H,6-7,9-10H2,1H3/t12?,16-,17-/m1/s1. The largest absolute Gasteiger partial charge is 0.497 e. The zero-order valence-corrected chi connectivity index (χ0v) is 13.9. The predicted octanol–water partition coefficient (Wildman–Crippen LogP) is 2.47. The van der Waals surface area contributed by atoms with Crippen molar-refractivity contribution in [3.05, 3.63) is 47.5 Å². The normalized spacial score (nSPS) is 24.0. The van der Waals surface area contributed by atoms with Gasteiger partial charge in [0, 0.05) is 36.5 Å². The number of imidazole rings is 1. The zero-order chi connectivity index (χ0) is 16.2. The lowest BCUT2D eigenvalue weighted by molar-refractivity contribution is 0.145. The van der Waals surface area contributed by atoms with Crippen molar-refractivity contribution >= 4 is 11.6 Å². The summed E-state index contributed by atoms with van der Waals surface area (Å²) in [5.74, 6) is 1.21. The molecule has 3 rings (SSSR count). The fourth-order valence-electron chi connectivity index (χ4n) is 3.22. The highest BCUT2D eigenvalue weighted by atomic mass is 35.5. The minimum absolute atomic E-state index is 0.0988. The first-order chi connectivity index (χ1) is 11.2. The van der Waals surface area contributed by atoms with E-state index in [9.17, 15) is 5.11 Å². The molecule has 5 nitrogen and oxygen atoms in total. The van der Waals surface area contributed by atoms with E-state index in [4.69, 9.17) is 16.3 Å². The summed E-state index contributed by atoms with van der Waals surface area (Å²) >= 11 is 6.26. The summed E-state index contributed by atoms with van der Waals surface area (Å²) in [6, 6.07) is 5.77. The van der Waals surface area contributed by atoms with Crippen LogP contribution in [0.3, 0.4) is 0 Å². The van der Waals surface area contributed by atoms with Crippen LogP contribution in [0.25, 0.3) is 0 Å². The van der Waals surface area contributed by atoms with E-state index in [1.807, 2.05) is 30.7 Å². The van der Waals surface area contributed by atoms with E-state index in [1.165, 1.54) is 0 Å². The van der Waals surface area contributed by atoms with Crippen LogP contribution >= 0.6 is 11.6 Å².